The van der Waals surface area contributed by atoms with Gasteiger partial charge in [0, 0.05) is 65.3 Å². The lowest BCUT2D eigenvalue weighted by Gasteiger charge is -2.36. The van der Waals surface area contributed by atoms with Crippen LogP contribution in [0.25, 0.3) is 24.3 Å². The highest BCUT2D eigenvalue weighted by Crippen LogP contribution is 2.47. The molecule has 0 saturated carbocycles. The van der Waals surface area contributed by atoms with Gasteiger partial charge in [0.05, 0.1) is 18.0 Å². The smallest absolute Gasteiger partial charge is 0.409 e. The Balaban J connectivity index is 0.000000167. The molecule has 2 unspecified atom stereocenters. The van der Waals surface area contributed by atoms with E-state index in [2.05, 4.69) is 112 Å². The molecule has 0 bridgehead atoms. The fourth-order valence-electron chi connectivity index (χ4n) is 8.22. The summed E-state index contributed by atoms with van der Waals surface area (Å²) in [5, 5.41) is 4.94. The zero-order chi connectivity index (χ0) is 37.2. The predicted octanol–water partition coefficient (Wildman–Crippen LogP) is 12.6. The van der Waals surface area contributed by atoms with Crippen LogP contribution >= 0.6 is 86.9 Å². The van der Waals surface area contributed by atoms with Crippen molar-refractivity contribution in [2.24, 2.45) is 11.8 Å². The minimum Gasteiger partial charge on any atom is -0.450 e. The summed E-state index contributed by atoms with van der Waals surface area (Å²) >= 11 is 27.3. The molecule has 2 aromatic carbocycles. The van der Waals surface area contributed by atoms with Crippen LogP contribution in [0.15, 0.2) is 66.7 Å². The van der Waals surface area contributed by atoms with Crippen LogP contribution in [0.2, 0.25) is 10.0 Å². The summed E-state index contributed by atoms with van der Waals surface area (Å²) in [4.78, 5) is 23.6. The number of amides is 1. The quantitative estimate of drug-likeness (QED) is 0.221. The second kappa shape index (κ2) is 17.4. The monoisotopic (exact) mass is 1000 g/mol. The molecule has 276 valence electrons. The Kier molecular flexibility index (Phi) is 12.9. The van der Waals surface area contributed by atoms with Crippen LogP contribution in [-0.4, -0.2) is 53.7 Å². The van der Waals surface area contributed by atoms with Crippen molar-refractivity contribution in [2.45, 2.75) is 44.4 Å². The number of pyridine rings is 2. The van der Waals surface area contributed by atoms with Crippen molar-refractivity contribution in [3.05, 3.63) is 121 Å². The van der Waals surface area contributed by atoms with Crippen LogP contribution in [0.4, 0.5) is 4.79 Å². The maximum Gasteiger partial charge on any atom is 0.409 e. The van der Waals surface area contributed by atoms with Gasteiger partial charge >= 0.3 is 6.09 Å². The molecule has 8 rings (SSSR count). The minimum atomic E-state index is -0.218. The lowest BCUT2D eigenvalue weighted by molar-refractivity contribution is 0.0900. The summed E-state index contributed by atoms with van der Waals surface area (Å²) in [7, 11) is 0. The van der Waals surface area contributed by atoms with Crippen LogP contribution in [-0.2, 0) is 4.74 Å². The molecule has 2 fully saturated rings. The lowest BCUT2D eigenvalue weighted by atomic mass is 9.76. The van der Waals surface area contributed by atoms with Crippen LogP contribution in [0.5, 0.6) is 0 Å². The third kappa shape index (κ3) is 8.69. The summed E-state index contributed by atoms with van der Waals surface area (Å²) in [6, 6.07) is 12.3. The number of halogens is 6. The molecule has 4 heterocycles. The number of carbonyl (C=O) groups is 1. The largest absolute Gasteiger partial charge is 0.450 e. The van der Waals surface area contributed by atoms with E-state index in [-0.39, 0.29) is 17.9 Å². The number of nitrogens with one attached hydrogen (secondary N) is 1. The molecule has 4 aliphatic rings. The molecule has 4 aromatic rings. The highest BCUT2D eigenvalue weighted by molar-refractivity contribution is 9.11. The average Bonchev–Trinajstić information content (AvgIpc) is 3.40. The summed E-state index contributed by atoms with van der Waals surface area (Å²) < 4.78 is 9.23. The minimum absolute atomic E-state index is 0.124. The maximum absolute atomic E-state index is 12.1. The second-order valence-corrected chi connectivity index (χ2v) is 18.2. The molecule has 1 N–H and O–H groups in total. The fraction of sp³-hybridized carbons (Fsp3) is 0.341. The molecule has 1 amide bonds. The third-order valence-electron chi connectivity index (χ3n) is 10.6. The second-order valence-electron chi connectivity index (χ2n) is 13.8. The van der Waals surface area contributed by atoms with Gasteiger partial charge in [-0.25, -0.2) is 4.79 Å². The third-order valence-corrected chi connectivity index (χ3v) is 13.2. The maximum atomic E-state index is 12.1. The summed E-state index contributed by atoms with van der Waals surface area (Å²) in [6.07, 6.45) is 16.2. The van der Waals surface area contributed by atoms with Crippen molar-refractivity contribution in [3.8, 4) is 0 Å². The van der Waals surface area contributed by atoms with Gasteiger partial charge < -0.3 is 15.0 Å². The molecule has 12 heteroatoms. The molecule has 2 aliphatic carbocycles. The standard InChI is InChI=1S/C22H21Br2ClN2O2.C19H17Br2ClN2/c1-2-29-22(28)27-7-5-13(6-8-27)20-19-14(10-17(25)11-18(19)24)3-4-15-9-16(23)12-26-21(15)20;20-14-7-13-2-1-12-8-15(22)9-16(21)17(12)18(19(13)24-10-14)11-3-5-23-6-4-11/h3-4,9-13,20H,2,5-8H2,1H3;1-2,7-11,18,23H,3-6H2. The van der Waals surface area contributed by atoms with Crippen molar-refractivity contribution < 1.29 is 9.53 Å². The van der Waals surface area contributed by atoms with Crippen LogP contribution in [0, 0.1) is 11.8 Å². The van der Waals surface area contributed by atoms with Gasteiger partial charge in [-0.1, -0.05) is 79.4 Å². The number of aromatic nitrogens is 2. The Morgan fingerprint density at radius 3 is 1.64 bits per heavy atom. The average molecular weight is 1010 g/mol. The molecule has 2 saturated heterocycles. The van der Waals surface area contributed by atoms with Gasteiger partial charge in [-0.05, 0) is 159 Å². The number of piperidine rings is 2. The Hall–Kier alpha value is -2.05. The first-order chi connectivity index (χ1) is 25.6. The number of benzene rings is 2. The molecular formula is C41H38Br4Cl2N4O2. The van der Waals surface area contributed by atoms with E-state index in [1.54, 1.807) is 0 Å². The highest BCUT2D eigenvalue weighted by Gasteiger charge is 2.36. The van der Waals surface area contributed by atoms with Gasteiger partial charge in [0.2, 0.25) is 0 Å². The van der Waals surface area contributed by atoms with Crippen molar-refractivity contribution in [1.29, 1.82) is 0 Å². The number of ether oxygens (including phenoxy) is 1. The van der Waals surface area contributed by atoms with Gasteiger partial charge in [0.15, 0.2) is 0 Å². The van der Waals surface area contributed by atoms with E-state index >= 15 is 0 Å². The first-order valence-corrected chi connectivity index (χ1v) is 21.8. The SMILES string of the molecule is CCOC(=O)N1CCC(C2c3ncc(Br)cc3C=Cc3cc(Cl)cc(Br)c32)CC1.Clc1cc(Br)c2c(c1)C=Cc1cc(Br)cnc1C2C1CCNCC1. The van der Waals surface area contributed by atoms with Gasteiger partial charge in [0.25, 0.3) is 0 Å². The van der Waals surface area contributed by atoms with Crippen LogP contribution in [0.3, 0.4) is 0 Å². The number of rotatable bonds is 3. The predicted molar refractivity (Wildman–Crippen MR) is 231 cm³/mol. The molecule has 2 atom stereocenters. The Morgan fingerprint density at radius 2 is 1.17 bits per heavy atom. The van der Waals surface area contributed by atoms with Crippen molar-refractivity contribution in [2.75, 3.05) is 32.8 Å². The topological polar surface area (TPSA) is 67.3 Å². The number of hydrogen-bond acceptors (Lipinski definition) is 5. The first kappa shape index (κ1) is 39.2. The van der Waals surface area contributed by atoms with E-state index in [0.717, 1.165) is 78.5 Å². The summed E-state index contributed by atoms with van der Waals surface area (Å²) in [5.41, 5.74) is 9.36. The van der Waals surface area contributed by atoms with Gasteiger partial charge in [-0.2, -0.15) is 0 Å². The summed E-state index contributed by atoms with van der Waals surface area (Å²) in [5.74, 6) is 1.35. The van der Waals surface area contributed by atoms with Gasteiger partial charge in [-0.15, -0.1) is 0 Å². The normalized spacial score (nSPS) is 19.5. The first-order valence-electron chi connectivity index (χ1n) is 17.9. The van der Waals surface area contributed by atoms with E-state index in [1.807, 2.05) is 42.4 Å². The Bertz CT molecular complexity index is 2080. The lowest BCUT2D eigenvalue weighted by Crippen LogP contribution is -2.40. The van der Waals surface area contributed by atoms with Gasteiger partial charge in [0.1, 0.15) is 0 Å². The number of nitrogens with zero attached hydrogens (tertiary/aromatic N) is 3. The molecule has 0 spiro atoms. The zero-order valence-corrected chi connectivity index (χ0v) is 36.9. The zero-order valence-electron chi connectivity index (χ0n) is 29.0. The molecule has 2 aliphatic heterocycles. The van der Waals surface area contributed by atoms with Crippen molar-refractivity contribution in [3.63, 3.8) is 0 Å². The van der Waals surface area contributed by atoms with E-state index in [1.165, 1.54) is 27.9 Å². The van der Waals surface area contributed by atoms with E-state index in [4.69, 9.17) is 37.9 Å². The Morgan fingerprint density at radius 1 is 0.717 bits per heavy atom. The van der Waals surface area contributed by atoms with E-state index < -0.39 is 0 Å². The molecule has 53 heavy (non-hydrogen) atoms. The molecule has 2 aromatic heterocycles. The molecular weight excluding hydrogens is 971 g/mol. The fourth-order valence-corrected chi connectivity index (χ4v) is 11.1. The van der Waals surface area contributed by atoms with Gasteiger partial charge in [-0.3, -0.25) is 9.97 Å². The summed E-state index contributed by atoms with van der Waals surface area (Å²) in [6.45, 7) is 5.77. The number of hydrogen-bond donors (Lipinski definition) is 1. The van der Waals surface area contributed by atoms with Crippen molar-refractivity contribution >= 4 is 117 Å². The molecule has 0 radical (unpaired) electrons. The van der Waals surface area contributed by atoms with Crippen LogP contribution in [0.1, 0.15) is 89.2 Å². The van der Waals surface area contributed by atoms with Crippen LogP contribution < -0.4 is 5.32 Å². The highest BCUT2D eigenvalue weighted by atomic mass is 79.9. The van der Waals surface area contributed by atoms with E-state index in [9.17, 15) is 4.79 Å². The number of fused-ring (bicyclic) bond motifs is 4. The molecule has 6 nitrogen and oxygen atoms in total. The Labute approximate surface area is 354 Å². The number of carbonyl (C=O) groups excluding carboxylic acids is 1. The van der Waals surface area contributed by atoms with E-state index in [0.29, 0.717) is 36.6 Å². The van der Waals surface area contributed by atoms with Crippen molar-refractivity contribution in [1.82, 2.24) is 20.2 Å². The number of likely N-dealkylation sites (tertiary alicyclic amines) is 1.